The van der Waals surface area contributed by atoms with Gasteiger partial charge in [-0.05, 0) is 19.1 Å². The number of pyridine rings is 1. The second kappa shape index (κ2) is 4.16. The Bertz CT molecular complexity index is 367. The normalized spacial score (nSPS) is 18.3. The third kappa shape index (κ3) is 2.01. The Labute approximate surface area is 87.8 Å². The van der Waals surface area contributed by atoms with Crippen LogP contribution in [0.4, 0.5) is 11.5 Å². The smallest absolute Gasteiger partial charge is 0.330 e. The Morgan fingerprint density at radius 3 is 3.40 bits per heavy atom. The van der Waals surface area contributed by atoms with Crippen molar-refractivity contribution in [2.24, 2.45) is 0 Å². The molecule has 5 heteroatoms. The zero-order valence-corrected chi connectivity index (χ0v) is 8.49. The van der Waals surface area contributed by atoms with Gasteiger partial charge >= 0.3 is 5.97 Å². The number of rotatable bonds is 2. The Morgan fingerprint density at radius 1 is 1.73 bits per heavy atom. The monoisotopic (exact) mass is 207 g/mol. The molecule has 2 heterocycles. The molecule has 1 aromatic heterocycles. The maximum Gasteiger partial charge on any atom is 0.330 e. The summed E-state index contributed by atoms with van der Waals surface area (Å²) in [5.41, 5.74) is 0.915. The standard InChI is InChI=1S/C10H13N3O2/c1-2-15-10(14)8-6-12-7-4-3-5-11-9(7)13-8/h3-5,8,12H,2,6H2,1H3,(H,11,13). The molecule has 2 N–H and O–H groups in total. The van der Waals surface area contributed by atoms with Crippen molar-refractivity contribution in [1.29, 1.82) is 0 Å². The third-order valence-electron chi connectivity index (χ3n) is 2.19. The summed E-state index contributed by atoms with van der Waals surface area (Å²) in [5.74, 6) is 0.447. The van der Waals surface area contributed by atoms with Gasteiger partial charge in [0.05, 0.1) is 12.3 Å². The van der Waals surface area contributed by atoms with Crippen LogP contribution in [0.15, 0.2) is 18.3 Å². The highest BCUT2D eigenvalue weighted by Crippen LogP contribution is 2.22. The Kier molecular flexibility index (Phi) is 2.71. The molecule has 0 fully saturated rings. The van der Waals surface area contributed by atoms with Gasteiger partial charge in [-0.3, -0.25) is 0 Å². The average molecular weight is 207 g/mol. The lowest BCUT2D eigenvalue weighted by atomic mass is 10.2. The molecule has 15 heavy (non-hydrogen) atoms. The van der Waals surface area contributed by atoms with Gasteiger partial charge < -0.3 is 15.4 Å². The molecule has 5 nitrogen and oxygen atoms in total. The SMILES string of the molecule is CCOC(=O)C1CNc2cccnc2N1. The molecule has 0 saturated carbocycles. The van der Waals surface area contributed by atoms with E-state index in [2.05, 4.69) is 15.6 Å². The number of carbonyl (C=O) groups is 1. The van der Waals surface area contributed by atoms with Gasteiger partial charge in [-0.25, -0.2) is 9.78 Å². The molecule has 1 aromatic rings. The molecule has 0 bridgehead atoms. The predicted octanol–water partition coefficient (Wildman–Crippen LogP) is 0.851. The zero-order valence-electron chi connectivity index (χ0n) is 8.49. The van der Waals surface area contributed by atoms with Gasteiger partial charge in [-0.15, -0.1) is 0 Å². The van der Waals surface area contributed by atoms with Crippen molar-refractivity contribution in [2.45, 2.75) is 13.0 Å². The van der Waals surface area contributed by atoms with Gasteiger partial charge in [0.2, 0.25) is 0 Å². The number of fused-ring (bicyclic) bond motifs is 1. The van der Waals surface area contributed by atoms with Crippen molar-refractivity contribution >= 4 is 17.5 Å². The molecular formula is C10H13N3O2. The highest BCUT2D eigenvalue weighted by atomic mass is 16.5. The minimum absolute atomic E-state index is 0.249. The lowest BCUT2D eigenvalue weighted by molar-refractivity contribution is -0.143. The van der Waals surface area contributed by atoms with E-state index in [1.54, 1.807) is 13.1 Å². The number of hydrogen-bond donors (Lipinski definition) is 2. The molecule has 0 aromatic carbocycles. The van der Waals surface area contributed by atoms with Gasteiger partial charge in [-0.2, -0.15) is 0 Å². The van der Waals surface area contributed by atoms with Crippen molar-refractivity contribution in [2.75, 3.05) is 23.8 Å². The van der Waals surface area contributed by atoms with Crippen molar-refractivity contribution in [3.05, 3.63) is 18.3 Å². The second-order valence-electron chi connectivity index (χ2n) is 3.23. The fourth-order valence-corrected chi connectivity index (χ4v) is 1.48. The predicted molar refractivity (Wildman–Crippen MR) is 56.8 cm³/mol. The first kappa shape index (κ1) is 9.76. The molecule has 1 unspecified atom stereocenters. The molecular weight excluding hydrogens is 194 g/mol. The van der Waals surface area contributed by atoms with Crippen LogP contribution in [-0.4, -0.2) is 30.1 Å². The number of ether oxygens (including phenoxy) is 1. The van der Waals surface area contributed by atoms with Crippen molar-refractivity contribution in [1.82, 2.24) is 4.98 Å². The lowest BCUT2D eigenvalue weighted by Crippen LogP contribution is -2.41. The van der Waals surface area contributed by atoms with E-state index in [1.807, 2.05) is 12.1 Å². The second-order valence-corrected chi connectivity index (χ2v) is 3.23. The van der Waals surface area contributed by atoms with Crippen LogP contribution < -0.4 is 10.6 Å². The summed E-state index contributed by atoms with van der Waals surface area (Å²) in [7, 11) is 0. The minimum atomic E-state index is -0.354. The van der Waals surface area contributed by atoms with Gasteiger partial charge in [-0.1, -0.05) is 0 Å². The molecule has 1 aliphatic rings. The summed E-state index contributed by atoms with van der Waals surface area (Å²) in [4.78, 5) is 15.6. The third-order valence-corrected chi connectivity index (χ3v) is 2.19. The highest BCUT2D eigenvalue weighted by Gasteiger charge is 2.24. The molecule has 0 amide bonds. The van der Waals surface area contributed by atoms with E-state index in [4.69, 9.17) is 4.74 Å². The Balaban J connectivity index is 2.08. The van der Waals surface area contributed by atoms with Gasteiger partial charge in [0.1, 0.15) is 11.9 Å². The molecule has 2 rings (SSSR count). The number of anilines is 2. The van der Waals surface area contributed by atoms with Crippen molar-refractivity contribution < 1.29 is 9.53 Å². The minimum Gasteiger partial charge on any atom is -0.464 e. The van der Waals surface area contributed by atoms with Crippen molar-refractivity contribution in [3.8, 4) is 0 Å². The highest BCUT2D eigenvalue weighted by molar-refractivity contribution is 5.83. The summed E-state index contributed by atoms with van der Waals surface area (Å²) < 4.78 is 4.93. The number of nitrogens with zero attached hydrogens (tertiary/aromatic N) is 1. The van der Waals surface area contributed by atoms with Crippen LogP contribution in [-0.2, 0) is 9.53 Å². The Hall–Kier alpha value is -1.78. The number of esters is 1. The number of aromatic nitrogens is 1. The van der Waals surface area contributed by atoms with E-state index in [9.17, 15) is 4.79 Å². The maximum absolute atomic E-state index is 11.5. The molecule has 0 saturated heterocycles. The number of hydrogen-bond acceptors (Lipinski definition) is 5. The zero-order chi connectivity index (χ0) is 10.7. The van der Waals surface area contributed by atoms with Crippen LogP contribution in [0, 0.1) is 0 Å². The molecule has 0 aliphatic carbocycles. The van der Waals surface area contributed by atoms with E-state index < -0.39 is 0 Å². The summed E-state index contributed by atoms with van der Waals surface area (Å²) in [6.45, 7) is 2.71. The van der Waals surface area contributed by atoms with E-state index in [-0.39, 0.29) is 12.0 Å². The molecule has 1 atom stereocenters. The van der Waals surface area contributed by atoms with Crippen molar-refractivity contribution in [3.63, 3.8) is 0 Å². The molecule has 0 radical (unpaired) electrons. The lowest BCUT2D eigenvalue weighted by Gasteiger charge is -2.25. The Morgan fingerprint density at radius 2 is 2.60 bits per heavy atom. The largest absolute Gasteiger partial charge is 0.464 e. The van der Waals surface area contributed by atoms with Crippen LogP contribution >= 0.6 is 0 Å². The molecule has 0 spiro atoms. The van der Waals surface area contributed by atoms with Gasteiger partial charge in [0.25, 0.3) is 0 Å². The topological polar surface area (TPSA) is 63.2 Å². The van der Waals surface area contributed by atoms with Crippen LogP contribution in [0.3, 0.4) is 0 Å². The molecule has 80 valence electrons. The number of nitrogens with one attached hydrogen (secondary N) is 2. The van der Waals surface area contributed by atoms with Crippen LogP contribution in [0.25, 0.3) is 0 Å². The van der Waals surface area contributed by atoms with Crippen LogP contribution in [0.5, 0.6) is 0 Å². The summed E-state index contributed by atoms with van der Waals surface area (Å²) >= 11 is 0. The van der Waals surface area contributed by atoms with Gasteiger partial charge in [0, 0.05) is 12.7 Å². The summed E-state index contributed by atoms with van der Waals surface area (Å²) in [6.07, 6.45) is 1.68. The number of carbonyl (C=O) groups excluding carboxylic acids is 1. The average Bonchev–Trinajstić information content (AvgIpc) is 2.29. The summed E-state index contributed by atoms with van der Waals surface area (Å²) in [5, 5.41) is 6.16. The van der Waals surface area contributed by atoms with Crippen LogP contribution in [0.2, 0.25) is 0 Å². The first-order valence-corrected chi connectivity index (χ1v) is 4.93. The summed E-state index contributed by atoms with van der Waals surface area (Å²) in [6, 6.07) is 3.40. The van der Waals surface area contributed by atoms with Gasteiger partial charge in [0.15, 0.2) is 0 Å². The first-order valence-electron chi connectivity index (χ1n) is 4.93. The van der Waals surface area contributed by atoms with Crippen LogP contribution in [0.1, 0.15) is 6.92 Å². The van der Waals surface area contributed by atoms with E-state index in [0.29, 0.717) is 19.0 Å². The molecule has 1 aliphatic heterocycles. The van der Waals surface area contributed by atoms with E-state index in [1.165, 1.54) is 0 Å². The first-order chi connectivity index (χ1) is 7.31. The van der Waals surface area contributed by atoms with E-state index >= 15 is 0 Å². The fourth-order valence-electron chi connectivity index (χ4n) is 1.48. The van der Waals surface area contributed by atoms with E-state index in [0.717, 1.165) is 5.69 Å². The fraction of sp³-hybridized carbons (Fsp3) is 0.400. The maximum atomic E-state index is 11.5. The quantitative estimate of drug-likeness (QED) is 0.704.